The van der Waals surface area contributed by atoms with E-state index in [9.17, 15) is 0 Å². The molecule has 0 aliphatic rings. The lowest BCUT2D eigenvalue weighted by Gasteiger charge is -2.30. The van der Waals surface area contributed by atoms with E-state index in [2.05, 4.69) is 31.5 Å². The van der Waals surface area contributed by atoms with Gasteiger partial charge in [-0.15, -0.1) is 0 Å². The fourth-order valence-electron chi connectivity index (χ4n) is 1.85. The molecule has 0 saturated heterocycles. The van der Waals surface area contributed by atoms with Crippen LogP contribution in [0.15, 0.2) is 24.3 Å². The van der Waals surface area contributed by atoms with Gasteiger partial charge in [-0.3, -0.25) is 0 Å². The maximum absolute atomic E-state index is 9.02. The highest BCUT2D eigenvalue weighted by Crippen LogP contribution is 2.31. The van der Waals surface area contributed by atoms with Crippen molar-refractivity contribution in [3.05, 3.63) is 29.8 Å². The van der Waals surface area contributed by atoms with Crippen molar-refractivity contribution in [1.82, 2.24) is 0 Å². The lowest BCUT2D eigenvalue weighted by molar-refractivity contribution is 0.574. The van der Waals surface area contributed by atoms with E-state index in [0.29, 0.717) is 0 Å². The summed E-state index contributed by atoms with van der Waals surface area (Å²) in [7, 11) is 0. The summed E-state index contributed by atoms with van der Waals surface area (Å²) >= 11 is 1.90. The number of thioether (sulfide) groups is 1. The third-order valence-electron chi connectivity index (χ3n) is 3.37. The van der Waals surface area contributed by atoms with E-state index in [4.69, 9.17) is 5.26 Å². The van der Waals surface area contributed by atoms with Gasteiger partial charge < -0.3 is 5.32 Å². The second-order valence-corrected chi connectivity index (χ2v) is 5.38. The first kappa shape index (κ1) is 13.9. The molecule has 0 fully saturated rings. The number of hydrogen-bond donors (Lipinski definition) is 1. The van der Waals surface area contributed by atoms with E-state index >= 15 is 0 Å². The molecule has 0 bridgehead atoms. The summed E-state index contributed by atoms with van der Waals surface area (Å²) in [4.78, 5) is 0. The molecule has 0 spiro atoms. The standard InChI is InChI=1S/C14H20N2S/c1-4-14(5-2,17-3)11-16-13-9-7-6-8-12(13)10-15/h6-9,16H,4-5,11H2,1-3H3. The summed E-state index contributed by atoms with van der Waals surface area (Å²) in [6.07, 6.45) is 4.42. The van der Waals surface area contributed by atoms with E-state index in [1.54, 1.807) is 0 Å². The van der Waals surface area contributed by atoms with Gasteiger partial charge in [0, 0.05) is 11.3 Å². The van der Waals surface area contributed by atoms with Gasteiger partial charge in [-0.1, -0.05) is 26.0 Å². The minimum absolute atomic E-state index is 0.266. The Morgan fingerprint density at radius 2 is 1.94 bits per heavy atom. The minimum Gasteiger partial charge on any atom is -0.383 e. The van der Waals surface area contributed by atoms with Crippen LogP contribution in [0.1, 0.15) is 32.3 Å². The first-order valence-corrected chi connectivity index (χ1v) is 7.22. The molecule has 0 aliphatic carbocycles. The van der Waals surface area contributed by atoms with Gasteiger partial charge in [-0.2, -0.15) is 17.0 Å². The van der Waals surface area contributed by atoms with Crippen molar-refractivity contribution in [2.75, 3.05) is 18.1 Å². The summed E-state index contributed by atoms with van der Waals surface area (Å²) < 4.78 is 0.266. The van der Waals surface area contributed by atoms with Crippen LogP contribution < -0.4 is 5.32 Å². The zero-order valence-corrected chi connectivity index (χ0v) is 11.6. The Bertz CT molecular complexity index is 383. The van der Waals surface area contributed by atoms with Crippen LogP contribution in [-0.2, 0) is 0 Å². The average molecular weight is 248 g/mol. The summed E-state index contributed by atoms with van der Waals surface area (Å²) in [5, 5.41) is 12.4. The highest BCUT2D eigenvalue weighted by molar-refractivity contribution is 8.00. The Balaban J connectivity index is 2.76. The van der Waals surface area contributed by atoms with E-state index in [1.165, 1.54) is 0 Å². The van der Waals surface area contributed by atoms with Gasteiger partial charge in [0.25, 0.3) is 0 Å². The average Bonchev–Trinajstić information content (AvgIpc) is 2.41. The Hall–Kier alpha value is -1.14. The molecule has 0 radical (unpaired) electrons. The van der Waals surface area contributed by atoms with Crippen molar-refractivity contribution < 1.29 is 0 Å². The molecule has 0 atom stereocenters. The van der Waals surface area contributed by atoms with Crippen molar-refractivity contribution in [1.29, 1.82) is 5.26 Å². The number of para-hydroxylation sites is 1. The number of nitriles is 1. The van der Waals surface area contributed by atoms with Crippen molar-refractivity contribution >= 4 is 17.4 Å². The molecule has 92 valence electrons. The zero-order chi connectivity index (χ0) is 12.7. The Kier molecular flexibility index (Phi) is 5.37. The normalized spacial score (nSPS) is 10.9. The van der Waals surface area contributed by atoms with Crippen LogP contribution in [0, 0.1) is 11.3 Å². The molecule has 1 aromatic carbocycles. The van der Waals surface area contributed by atoms with Crippen molar-refractivity contribution in [3.63, 3.8) is 0 Å². The number of benzene rings is 1. The van der Waals surface area contributed by atoms with Crippen molar-refractivity contribution in [2.24, 2.45) is 0 Å². The maximum Gasteiger partial charge on any atom is 0.101 e. The van der Waals surface area contributed by atoms with Crippen LogP contribution in [0.3, 0.4) is 0 Å². The molecule has 1 aromatic rings. The van der Waals surface area contributed by atoms with E-state index in [0.717, 1.165) is 30.6 Å². The molecule has 0 amide bonds. The first-order valence-electron chi connectivity index (χ1n) is 5.99. The number of rotatable bonds is 6. The van der Waals surface area contributed by atoms with Crippen molar-refractivity contribution in [3.8, 4) is 6.07 Å². The monoisotopic (exact) mass is 248 g/mol. The smallest absolute Gasteiger partial charge is 0.101 e. The highest BCUT2D eigenvalue weighted by atomic mass is 32.2. The second-order valence-electron chi connectivity index (χ2n) is 4.11. The van der Waals surface area contributed by atoms with Crippen LogP contribution in [0.4, 0.5) is 5.69 Å². The molecule has 17 heavy (non-hydrogen) atoms. The molecule has 0 unspecified atom stereocenters. The van der Waals surface area contributed by atoms with Gasteiger partial charge in [0.15, 0.2) is 0 Å². The largest absolute Gasteiger partial charge is 0.383 e. The summed E-state index contributed by atoms with van der Waals surface area (Å²) in [6, 6.07) is 9.89. The molecule has 2 nitrogen and oxygen atoms in total. The van der Waals surface area contributed by atoms with Gasteiger partial charge in [-0.25, -0.2) is 0 Å². The fraction of sp³-hybridized carbons (Fsp3) is 0.500. The quantitative estimate of drug-likeness (QED) is 0.829. The van der Waals surface area contributed by atoms with Crippen LogP contribution >= 0.6 is 11.8 Å². The number of anilines is 1. The van der Waals surface area contributed by atoms with Crippen molar-refractivity contribution in [2.45, 2.75) is 31.4 Å². The fourth-order valence-corrected chi connectivity index (χ4v) is 2.65. The van der Waals surface area contributed by atoms with Crippen LogP contribution in [0.25, 0.3) is 0 Å². The first-order chi connectivity index (χ1) is 8.21. The van der Waals surface area contributed by atoms with E-state index < -0.39 is 0 Å². The van der Waals surface area contributed by atoms with E-state index in [1.807, 2.05) is 36.0 Å². The molecule has 1 rings (SSSR count). The van der Waals surface area contributed by atoms with E-state index in [-0.39, 0.29) is 4.75 Å². The number of hydrogen-bond acceptors (Lipinski definition) is 3. The third kappa shape index (κ3) is 3.41. The van der Waals surface area contributed by atoms with Crippen LogP contribution in [-0.4, -0.2) is 17.5 Å². The SMILES string of the molecule is CCC(CC)(CNc1ccccc1C#N)SC. The molecule has 0 aromatic heterocycles. The van der Waals surface area contributed by atoms with Crippen LogP contribution in [0.5, 0.6) is 0 Å². The predicted molar refractivity (Wildman–Crippen MR) is 76.5 cm³/mol. The van der Waals surface area contributed by atoms with Gasteiger partial charge >= 0.3 is 0 Å². The number of nitrogens with one attached hydrogen (secondary N) is 1. The lowest BCUT2D eigenvalue weighted by atomic mass is 10.0. The summed E-state index contributed by atoms with van der Waals surface area (Å²) in [5.74, 6) is 0. The Labute approximate surface area is 108 Å². The summed E-state index contributed by atoms with van der Waals surface area (Å²) in [5.41, 5.74) is 1.66. The molecule has 0 saturated carbocycles. The predicted octanol–water partition coefficient (Wildman–Crippen LogP) is 3.89. The molecule has 3 heteroatoms. The Morgan fingerprint density at radius 1 is 1.29 bits per heavy atom. The summed E-state index contributed by atoms with van der Waals surface area (Å²) in [6.45, 7) is 5.34. The molecule has 0 heterocycles. The van der Waals surface area contributed by atoms with Gasteiger partial charge in [-0.05, 0) is 31.2 Å². The minimum atomic E-state index is 0.266. The molecule has 1 N–H and O–H groups in total. The van der Waals surface area contributed by atoms with Gasteiger partial charge in [0.05, 0.1) is 11.3 Å². The van der Waals surface area contributed by atoms with Crippen LogP contribution in [0.2, 0.25) is 0 Å². The topological polar surface area (TPSA) is 35.8 Å². The van der Waals surface area contributed by atoms with Gasteiger partial charge in [0.2, 0.25) is 0 Å². The Morgan fingerprint density at radius 3 is 2.47 bits per heavy atom. The second kappa shape index (κ2) is 6.56. The molecule has 0 aliphatic heterocycles. The third-order valence-corrected chi connectivity index (χ3v) is 4.96. The molecular weight excluding hydrogens is 228 g/mol. The van der Waals surface area contributed by atoms with Gasteiger partial charge in [0.1, 0.15) is 6.07 Å². The molecular formula is C14H20N2S. The zero-order valence-electron chi connectivity index (χ0n) is 10.8. The number of nitrogens with zero attached hydrogens (tertiary/aromatic N) is 1. The lowest BCUT2D eigenvalue weighted by Crippen LogP contribution is -2.32. The highest BCUT2D eigenvalue weighted by Gasteiger charge is 2.24. The maximum atomic E-state index is 9.02.